The van der Waals surface area contributed by atoms with Crippen LogP contribution in [0, 0.1) is 6.92 Å². The third kappa shape index (κ3) is 2.41. The van der Waals surface area contributed by atoms with E-state index in [1.165, 1.54) is 35.9 Å². The second-order valence-corrected chi connectivity index (χ2v) is 4.41. The van der Waals surface area contributed by atoms with E-state index in [1.54, 1.807) is 0 Å². The predicted octanol–water partition coefficient (Wildman–Crippen LogP) is 4.28. The van der Waals surface area contributed by atoms with Gasteiger partial charge in [0.15, 0.2) is 0 Å². The van der Waals surface area contributed by atoms with Crippen molar-refractivity contribution in [3.63, 3.8) is 0 Å². The van der Waals surface area contributed by atoms with Crippen LogP contribution in [0.3, 0.4) is 0 Å². The lowest BCUT2D eigenvalue weighted by molar-refractivity contribution is 0.709. The van der Waals surface area contributed by atoms with Gasteiger partial charge in [-0.25, -0.2) is 0 Å². The Hall–Kier alpha value is -1.37. The minimum atomic E-state index is 1.11. The molecule has 84 valence electrons. The molecule has 0 radical (unpaired) electrons. The van der Waals surface area contributed by atoms with Crippen LogP contribution in [0.15, 0.2) is 30.3 Å². The average Bonchev–Trinajstić information content (AvgIpc) is 2.30. The van der Waals surface area contributed by atoms with E-state index in [9.17, 15) is 0 Å². The first-order chi connectivity index (χ1) is 7.81. The molecule has 0 saturated heterocycles. The number of hydrogen-bond donors (Lipinski definition) is 0. The second-order valence-electron chi connectivity index (χ2n) is 4.41. The van der Waals surface area contributed by atoms with E-state index in [4.69, 9.17) is 4.98 Å². The normalized spacial score (nSPS) is 10.9. The summed E-state index contributed by atoms with van der Waals surface area (Å²) >= 11 is 0. The molecule has 2 aromatic rings. The molecule has 0 aliphatic rings. The molecule has 0 aliphatic carbocycles. The summed E-state index contributed by atoms with van der Waals surface area (Å²) in [7, 11) is 0. The van der Waals surface area contributed by atoms with Crippen molar-refractivity contribution in [2.45, 2.75) is 39.5 Å². The number of fused-ring (bicyclic) bond motifs is 1. The molecule has 0 aliphatic heterocycles. The van der Waals surface area contributed by atoms with Crippen molar-refractivity contribution < 1.29 is 0 Å². The van der Waals surface area contributed by atoms with E-state index >= 15 is 0 Å². The second kappa shape index (κ2) is 5.11. The smallest absolute Gasteiger partial charge is 0.0734 e. The summed E-state index contributed by atoms with van der Waals surface area (Å²) in [6.07, 6.45) is 4.93. The highest BCUT2D eigenvalue weighted by molar-refractivity contribution is 5.81. The number of hydrogen-bond acceptors (Lipinski definition) is 1. The van der Waals surface area contributed by atoms with Crippen molar-refractivity contribution in [2.75, 3.05) is 0 Å². The Morgan fingerprint density at radius 3 is 2.75 bits per heavy atom. The number of pyridine rings is 1. The molecular weight excluding hydrogens is 194 g/mol. The minimum Gasteiger partial charge on any atom is -0.253 e. The number of rotatable bonds is 4. The van der Waals surface area contributed by atoms with Gasteiger partial charge >= 0.3 is 0 Å². The van der Waals surface area contributed by atoms with Crippen molar-refractivity contribution >= 4 is 10.9 Å². The van der Waals surface area contributed by atoms with Crippen LogP contribution in [0.5, 0.6) is 0 Å². The van der Waals surface area contributed by atoms with Crippen LogP contribution in [-0.4, -0.2) is 4.98 Å². The van der Waals surface area contributed by atoms with Gasteiger partial charge in [-0.15, -0.1) is 0 Å². The topological polar surface area (TPSA) is 12.9 Å². The number of aryl methyl sites for hydroxylation is 2. The lowest BCUT2D eigenvalue weighted by Gasteiger charge is -2.04. The largest absolute Gasteiger partial charge is 0.253 e. The van der Waals surface area contributed by atoms with Crippen LogP contribution < -0.4 is 0 Å². The van der Waals surface area contributed by atoms with E-state index in [-0.39, 0.29) is 0 Å². The average molecular weight is 213 g/mol. The Bertz CT molecular complexity index is 474. The van der Waals surface area contributed by atoms with Crippen LogP contribution in [-0.2, 0) is 6.42 Å². The monoisotopic (exact) mass is 213 g/mol. The lowest BCUT2D eigenvalue weighted by Crippen LogP contribution is -1.92. The molecule has 0 atom stereocenters. The number of benzene rings is 1. The van der Waals surface area contributed by atoms with Gasteiger partial charge < -0.3 is 0 Å². The van der Waals surface area contributed by atoms with Crippen LogP contribution in [0.4, 0.5) is 0 Å². The SMILES string of the molecule is CCCCCc1ccc2cccc(C)c2n1. The van der Waals surface area contributed by atoms with Gasteiger partial charge in [0.1, 0.15) is 0 Å². The van der Waals surface area contributed by atoms with Gasteiger partial charge in [0.25, 0.3) is 0 Å². The minimum absolute atomic E-state index is 1.11. The number of aromatic nitrogens is 1. The summed E-state index contributed by atoms with van der Waals surface area (Å²) in [6.45, 7) is 4.36. The summed E-state index contributed by atoms with van der Waals surface area (Å²) in [5, 5.41) is 1.25. The molecule has 16 heavy (non-hydrogen) atoms. The standard InChI is InChI=1S/C15H19N/c1-3-4-5-9-14-11-10-13-8-6-7-12(2)15(13)16-14/h6-8,10-11H,3-5,9H2,1-2H3. The van der Waals surface area contributed by atoms with E-state index < -0.39 is 0 Å². The summed E-state index contributed by atoms with van der Waals surface area (Å²) in [5.41, 5.74) is 3.67. The molecule has 0 amide bonds. The first kappa shape index (κ1) is 11.1. The van der Waals surface area contributed by atoms with Crippen LogP contribution in [0.2, 0.25) is 0 Å². The van der Waals surface area contributed by atoms with Crippen molar-refractivity contribution in [1.29, 1.82) is 0 Å². The summed E-state index contributed by atoms with van der Waals surface area (Å²) in [4.78, 5) is 4.75. The van der Waals surface area contributed by atoms with Gasteiger partial charge in [-0.2, -0.15) is 0 Å². The fourth-order valence-corrected chi connectivity index (χ4v) is 2.03. The zero-order chi connectivity index (χ0) is 11.4. The van der Waals surface area contributed by atoms with Crippen LogP contribution >= 0.6 is 0 Å². The maximum Gasteiger partial charge on any atom is 0.0734 e. The molecule has 0 fully saturated rings. The Labute approximate surface area is 97.5 Å². The maximum atomic E-state index is 4.75. The molecule has 0 unspecified atom stereocenters. The molecule has 1 heterocycles. The lowest BCUT2D eigenvalue weighted by atomic mass is 10.1. The van der Waals surface area contributed by atoms with Crippen LogP contribution in [0.1, 0.15) is 37.4 Å². The Kier molecular flexibility index (Phi) is 3.55. The Morgan fingerprint density at radius 1 is 1.06 bits per heavy atom. The first-order valence-electron chi connectivity index (χ1n) is 6.16. The van der Waals surface area contributed by atoms with Crippen LogP contribution in [0.25, 0.3) is 10.9 Å². The fraction of sp³-hybridized carbons (Fsp3) is 0.400. The molecule has 0 saturated carbocycles. The van der Waals surface area contributed by atoms with Crippen molar-refractivity contribution in [1.82, 2.24) is 4.98 Å². The highest BCUT2D eigenvalue weighted by Crippen LogP contribution is 2.17. The molecule has 1 heteroatoms. The van der Waals surface area contributed by atoms with Gasteiger partial charge in [-0.05, 0) is 31.4 Å². The van der Waals surface area contributed by atoms with E-state index in [1.807, 2.05) is 0 Å². The maximum absolute atomic E-state index is 4.75. The van der Waals surface area contributed by atoms with Crippen molar-refractivity contribution in [2.24, 2.45) is 0 Å². The van der Waals surface area contributed by atoms with Crippen molar-refractivity contribution in [3.05, 3.63) is 41.6 Å². The molecular formula is C15H19N. The Morgan fingerprint density at radius 2 is 1.94 bits per heavy atom. The Balaban J connectivity index is 2.25. The molecule has 0 spiro atoms. The van der Waals surface area contributed by atoms with Gasteiger partial charge in [0.05, 0.1) is 5.52 Å². The van der Waals surface area contributed by atoms with Gasteiger partial charge in [0, 0.05) is 11.1 Å². The molecule has 1 nitrogen and oxygen atoms in total. The highest BCUT2D eigenvalue weighted by atomic mass is 14.7. The molecule has 1 aromatic heterocycles. The van der Waals surface area contributed by atoms with E-state index in [2.05, 4.69) is 44.2 Å². The summed E-state index contributed by atoms with van der Waals surface area (Å²) < 4.78 is 0. The summed E-state index contributed by atoms with van der Waals surface area (Å²) in [5.74, 6) is 0. The number of unbranched alkanes of at least 4 members (excludes halogenated alkanes) is 2. The quantitative estimate of drug-likeness (QED) is 0.691. The van der Waals surface area contributed by atoms with E-state index in [0.29, 0.717) is 0 Å². The van der Waals surface area contributed by atoms with E-state index in [0.717, 1.165) is 11.9 Å². The first-order valence-corrected chi connectivity index (χ1v) is 6.16. The summed E-state index contributed by atoms with van der Waals surface area (Å²) in [6, 6.07) is 10.7. The molecule has 0 N–H and O–H groups in total. The molecule has 0 bridgehead atoms. The van der Waals surface area contributed by atoms with Gasteiger partial charge in [-0.1, -0.05) is 44.0 Å². The molecule has 1 aromatic carbocycles. The third-order valence-corrected chi connectivity index (χ3v) is 3.02. The third-order valence-electron chi connectivity index (χ3n) is 3.02. The number of para-hydroxylation sites is 1. The van der Waals surface area contributed by atoms with Gasteiger partial charge in [0.2, 0.25) is 0 Å². The zero-order valence-corrected chi connectivity index (χ0v) is 10.2. The molecule has 2 rings (SSSR count). The van der Waals surface area contributed by atoms with Gasteiger partial charge in [-0.3, -0.25) is 4.98 Å². The highest BCUT2D eigenvalue weighted by Gasteiger charge is 2.00. The number of nitrogens with zero attached hydrogens (tertiary/aromatic N) is 1. The fourth-order valence-electron chi connectivity index (χ4n) is 2.03. The van der Waals surface area contributed by atoms with Crippen molar-refractivity contribution in [3.8, 4) is 0 Å². The zero-order valence-electron chi connectivity index (χ0n) is 10.2. The predicted molar refractivity (Wildman–Crippen MR) is 69.7 cm³/mol.